The first-order valence-electron chi connectivity index (χ1n) is 5.59. The molecule has 0 N–H and O–H groups in total. The first-order chi connectivity index (χ1) is 8.08. The summed E-state index contributed by atoms with van der Waals surface area (Å²) in [5, 5.41) is 0.584. The molecule has 0 spiro atoms. The van der Waals surface area contributed by atoms with Crippen LogP contribution in [0, 0.1) is 0 Å². The van der Waals surface area contributed by atoms with Crippen LogP contribution in [0.5, 0.6) is 0 Å². The first-order valence-corrected chi connectivity index (χ1v) is 5.59. The molecule has 92 valence electrons. The van der Waals surface area contributed by atoms with Crippen molar-refractivity contribution < 1.29 is 19.2 Å². The Bertz CT molecular complexity index is 338. The van der Waals surface area contributed by atoms with Gasteiger partial charge in [-0.2, -0.15) is 0 Å². The van der Waals surface area contributed by atoms with E-state index in [2.05, 4.69) is 4.81 Å². The number of hydrogen-bond donors (Lipinski definition) is 0. The molecule has 2 rings (SSSR count). The van der Waals surface area contributed by atoms with Crippen molar-refractivity contribution in [1.29, 1.82) is 0 Å². The second-order valence-electron chi connectivity index (χ2n) is 4.23. The predicted molar refractivity (Wildman–Crippen MR) is 59.3 cm³/mol. The van der Waals surface area contributed by atoms with E-state index in [-0.39, 0.29) is 12.8 Å². The Kier molecular flexibility index (Phi) is 3.32. The topological polar surface area (TPSA) is 70.2 Å². The number of hydrogen-bond acceptors (Lipinski definition) is 5. The molecule has 0 aromatic carbocycles. The molecular weight excluding hydrogens is 225 g/mol. The molecule has 0 radical (unpaired) electrons. The molecule has 0 saturated carbocycles. The van der Waals surface area contributed by atoms with Crippen LogP contribution in [0.4, 0.5) is 4.79 Å². The summed E-state index contributed by atoms with van der Waals surface area (Å²) < 4.78 is 0. The lowest BCUT2D eigenvalue weighted by Crippen LogP contribution is -2.49. The molecule has 17 heavy (non-hydrogen) atoms. The maximum Gasteiger partial charge on any atom is 0.434 e. The van der Waals surface area contributed by atoms with E-state index in [4.69, 9.17) is 4.84 Å². The number of amides is 3. The molecule has 8 heteroatoms. The highest BCUT2D eigenvalue weighted by atomic mass is 16.7. The van der Waals surface area contributed by atoms with Crippen LogP contribution in [-0.2, 0) is 14.4 Å². The summed E-state index contributed by atoms with van der Waals surface area (Å²) in [5.41, 5.74) is 0. The minimum absolute atomic E-state index is 0.120. The lowest BCUT2D eigenvalue weighted by Gasteiger charge is -2.32. The molecule has 0 aromatic heterocycles. The molecule has 0 aromatic rings. The monoisotopic (exact) mass is 239 g/mol. The van der Waals surface area contributed by atoms with Gasteiger partial charge in [0.25, 0.3) is 11.8 Å². The van der Waals surface area contributed by atoms with E-state index in [0.717, 1.165) is 13.1 Å². The van der Waals surface area contributed by atoms with Gasteiger partial charge in [-0.3, -0.25) is 9.59 Å². The predicted octanol–water partition coefficient (Wildman–Crippen LogP) is -1.65. The highest BCUT2D eigenvalue weighted by Crippen LogP contribution is 2.13. The summed E-state index contributed by atoms with van der Waals surface area (Å²) in [6, 6.07) is 0. The zero-order valence-electron chi connectivity index (χ0n) is 9.72. The van der Waals surface area contributed by atoms with Gasteiger partial charge in [0.15, 0.2) is 7.98 Å². The zero-order valence-corrected chi connectivity index (χ0v) is 9.72. The summed E-state index contributed by atoms with van der Waals surface area (Å²) in [6.45, 7) is 2.62. The summed E-state index contributed by atoms with van der Waals surface area (Å²) in [4.78, 5) is 42.6. The zero-order chi connectivity index (χ0) is 12.4. The summed E-state index contributed by atoms with van der Waals surface area (Å²) in [5.74, 6) is -0.894. The molecule has 0 bridgehead atoms. The lowest BCUT2D eigenvalue weighted by molar-refractivity contribution is -0.173. The van der Waals surface area contributed by atoms with Gasteiger partial charge in [-0.1, -0.05) is 0 Å². The Labute approximate surface area is 99.7 Å². The first kappa shape index (κ1) is 11.9. The van der Waals surface area contributed by atoms with Crippen molar-refractivity contribution in [3.8, 4) is 0 Å². The van der Waals surface area contributed by atoms with Crippen LogP contribution >= 0.6 is 0 Å². The number of nitrogens with zero attached hydrogens (tertiary/aromatic N) is 3. The molecule has 0 unspecified atom stereocenters. The van der Waals surface area contributed by atoms with Crippen LogP contribution in [0.1, 0.15) is 12.8 Å². The Morgan fingerprint density at radius 2 is 1.59 bits per heavy atom. The van der Waals surface area contributed by atoms with Crippen LogP contribution in [0.15, 0.2) is 0 Å². The second-order valence-corrected chi connectivity index (χ2v) is 4.23. The molecule has 2 fully saturated rings. The van der Waals surface area contributed by atoms with Crippen LogP contribution in [0.25, 0.3) is 0 Å². The van der Waals surface area contributed by atoms with Crippen LogP contribution in [0.3, 0.4) is 0 Å². The molecule has 0 aliphatic carbocycles. The minimum Gasteiger partial charge on any atom is -0.346 e. The van der Waals surface area contributed by atoms with Gasteiger partial charge in [0.2, 0.25) is 0 Å². The van der Waals surface area contributed by atoms with Crippen LogP contribution in [0.2, 0.25) is 0 Å². The van der Waals surface area contributed by atoms with Gasteiger partial charge in [-0.05, 0) is 0 Å². The maximum absolute atomic E-state index is 11.7. The Balaban J connectivity index is 1.88. The number of hydroxylamine groups is 2. The van der Waals surface area contributed by atoms with Crippen molar-refractivity contribution in [3.05, 3.63) is 0 Å². The highest BCUT2D eigenvalue weighted by Gasteiger charge is 2.34. The average Bonchev–Trinajstić information content (AvgIpc) is 2.61. The van der Waals surface area contributed by atoms with E-state index in [9.17, 15) is 14.4 Å². The Morgan fingerprint density at radius 1 is 1.06 bits per heavy atom. The van der Waals surface area contributed by atoms with Crippen molar-refractivity contribution in [2.75, 3.05) is 26.2 Å². The fraction of sp³-hybridized carbons (Fsp3) is 0.667. The van der Waals surface area contributed by atoms with E-state index in [1.807, 2.05) is 7.98 Å². The van der Waals surface area contributed by atoms with Crippen LogP contribution < -0.4 is 0 Å². The smallest absolute Gasteiger partial charge is 0.346 e. The van der Waals surface area contributed by atoms with Gasteiger partial charge in [-0.25, -0.2) is 4.79 Å². The van der Waals surface area contributed by atoms with Crippen molar-refractivity contribution in [1.82, 2.24) is 14.8 Å². The third kappa shape index (κ3) is 2.58. The molecule has 3 amide bonds. The maximum atomic E-state index is 11.7. The van der Waals surface area contributed by atoms with Gasteiger partial charge >= 0.3 is 6.09 Å². The van der Waals surface area contributed by atoms with Gasteiger partial charge in [0, 0.05) is 39.0 Å². The SMILES string of the molecule is BN1CCN(C(=O)ON2C(=O)CCC2=O)CC1. The molecule has 0 atom stereocenters. The van der Waals surface area contributed by atoms with E-state index in [1.165, 1.54) is 4.90 Å². The van der Waals surface area contributed by atoms with Gasteiger partial charge in [0.05, 0.1) is 0 Å². The molecule has 2 aliphatic rings. The normalized spacial score (nSPS) is 22.1. The Morgan fingerprint density at radius 3 is 2.12 bits per heavy atom. The average molecular weight is 239 g/mol. The van der Waals surface area contributed by atoms with Gasteiger partial charge in [-0.15, -0.1) is 5.06 Å². The largest absolute Gasteiger partial charge is 0.434 e. The highest BCUT2D eigenvalue weighted by molar-refractivity contribution is 6.04. The van der Waals surface area contributed by atoms with Crippen molar-refractivity contribution >= 4 is 25.9 Å². The number of piperazine rings is 1. The summed E-state index contributed by atoms with van der Waals surface area (Å²) in [7, 11) is 1.97. The van der Waals surface area contributed by atoms with E-state index in [0.29, 0.717) is 18.2 Å². The van der Waals surface area contributed by atoms with Crippen molar-refractivity contribution in [2.45, 2.75) is 12.8 Å². The third-order valence-corrected chi connectivity index (χ3v) is 2.94. The standard InChI is InChI=1S/C9H14BN3O4/c10-12-5-3-11(4-6-12)9(16)17-13-7(14)1-2-8(13)15/h1-6,10H2. The van der Waals surface area contributed by atoms with Crippen LogP contribution in [-0.4, -0.2) is 66.8 Å². The fourth-order valence-electron chi connectivity index (χ4n) is 1.78. The lowest BCUT2D eigenvalue weighted by atomic mass is 10.2. The molecule has 7 nitrogen and oxygen atoms in total. The minimum atomic E-state index is -0.623. The molecular formula is C9H14BN3O4. The van der Waals surface area contributed by atoms with Crippen molar-refractivity contribution in [2.24, 2.45) is 0 Å². The fourth-order valence-corrected chi connectivity index (χ4v) is 1.78. The molecule has 2 heterocycles. The molecule has 2 aliphatic heterocycles. The molecule has 2 saturated heterocycles. The second kappa shape index (κ2) is 4.74. The van der Waals surface area contributed by atoms with E-state index >= 15 is 0 Å². The number of carbonyl (C=O) groups is 3. The number of imide groups is 1. The summed E-state index contributed by atoms with van der Waals surface area (Å²) >= 11 is 0. The van der Waals surface area contributed by atoms with E-state index < -0.39 is 17.9 Å². The Hall–Kier alpha value is -1.57. The third-order valence-electron chi connectivity index (χ3n) is 2.94. The number of rotatable bonds is 1. The van der Waals surface area contributed by atoms with Crippen molar-refractivity contribution in [3.63, 3.8) is 0 Å². The number of carbonyl (C=O) groups excluding carboxylic acids is 3. The summed E-state index contributed by atoms with van der Waals surface area (Å²) in [6.07, 6.45) is -0.384. The van der Waals surface area contributed by atoms with E-state index in [1.54, 1.807) is 0 Å². The van der Waals surface area contributed by atoms with Gasteiger partial charge in [0.1, 0.15) is 0 Å². The van der Waals surface area contributed by atoms with Gasteiger partial charge < -0.3 is 14.5 Å². The quantitative estimate of drug-likeness (QED) is 0.405.